The zero-order chi connectivity index (χ0) is 29.5. The molecule has 0 unspecified atom stereocenters. The number of benzene rings is 7. The van der Waals surface area contributed by atoms with Crippen LogP contribution in [0.15, 0.2) is 158 Å². The zero-order valence-corrected chi connectivity index (χ0v) is 25.1. The molecule has 2 aliphatic rings. The van der Waals surface area contributed by atoms with Gasteiger partial charge in [-0.25, -0.2) is 0 Å². The highest BCUT2D eigenvalue weighted by Gasteiger charge is 2.50. The summed E-state index contributed by atoms with van der Waals surface area (Å²) in [7, 11) is 0. The van der Waals surface area contributed by atoms with Crippen LogP contribution in [0.25, 0.3) is 53.6 Å². The lowest BCUT2D eigenvalue weighted by molar-refractivity contribution is 0.436. The quantitative estimate of drug-likeness (QED) is 0.195. The molecule has 0 fully saturated rings. The predicted octanol–water partition coefficient (Wildman–Crippen LogP) is 11.9. The van der Waals surface area contributed by atoms with Crippen molar-refractivity contribution in [3.05, 3.63) is 180 Å². The molecule has 8 aromatic rings. The van der Waals surface area contributed by atoms with Gasteiger partial charge in [0.1, 0.15) is 11.5 Å². The first-order valence-electron chi connectivity index (χ1n) is 15.4. The van der Waals surface area contributed by atoms with Crippen molar-refractivity contribution < 1.29 is 4.74 Å². The SMILES string of the molecule is c1cc(-c2ccc3c(c2)Oc2ccccc2C32c3ccccc3-c3ccccc32)cc(-c2cccc3sc4ccccc4c23)c1. The standard InChI is InChI=1S/C43H26OS/c1-4-17-34-31(13-1)32-14-2-5-18-35(32)43(34)36-19-6-7-20-38(36)44-39-26-28(23-24-37(39)43)27-11-9-12-29(25-27)30-16-10-22-41-42(30)33-15-3-8-21-40(33)45-41/h1-26H. The Morgan fingerprint density at radius 2 is 1.00 bits per heavy atom. The fraction of sp³-hybridized carbons (Fsp3) is 0.0233. The molecular weight excluding hydrogens is 565 g/mol. The summed E-state index contributed by atoms with van der Waals surface area (Å²) in [6.07, 6.45) is 0. The van der Waals surface area contributed by atoms with Gasteiger partial charge in [-0.05, 0) is 74.8 Å². The first-order valence-corrected chi connectivity index (χ1v) is 16.2. The first kappa shape index (κ1) is 24.9. The van der Waals surface area contributed by atoms with E-state index in [0.29, 0.717) is 0 Å². The fourth-order valence-electron chi connectivity index (χ4n) is 7.92. The molecule has 1 aliphatic carbocycles. The van der Waals surface area contributed by atoms with E-state index in [9.17, 15) is 0 Å². The monoisotopic (exact) mass is 590 g/mol. The minimum Gasteiger partial charge on any atom is -0.457 e. The molecule has 1 spiro atoms. The van der Waals surface area contributed by atoms with Crippen LogP contribution in [-0.2, 0) is 5.41 Å². The summed E-state index contributed by atoms with van der Waals surface area (Å²) in [5.74, 6) is 1.83. The summed E-state index contributed by atoms with van der Waals surface area (Å²) in [4.78, 5) is 0. The number of thiophene rings is 1. The summed E-state index contributed by atoms with van der Waals surface area (Å²) in [6, 6.07) is 57.5. The second-order valence-electron chi connectivity index (χ2n) is 12.0. The number of ether oxygens (including phenoxy) is 1. The van der Waals surface area contributed by atoms with E-state index in [2.05, 4.69) is 158 Å². The number of rotatable bonds is 2. The van der Waals surface area contributed by atoms with Crippen LogP contribution in [-0.4, -0.2) is 0 Å². The minimum atomic E-state index is -0.437. The highest BCUT2D eigenvalue weighted by atomic mass is 32.1. The van der Waals surface area contributed by atoms with Gasteiger partial charge in [0, 0.05) is 31.3 Å². The maximum Gasteiger partial charge on any atom is 0.132 e. The predicted molar refractivity (Wildman–Crippen MR) is 188 cm³/mol. The van der Waals surface area contributed by atoms with E-state index in [-0.39, 0.29) is 0 Å². The minimum absolute atomic E-state index is 0.437. The van der Waals surface area contributed by atoms with Crippen molar-refractivity contribution in [1.29, 1.82) is 0 Å². The highest BCUT2D eigenvalue weighted by molar-refractivity contribution is 7.25. The third-order valence-electron chi connectivity index (χ3n) is 9.76. The Labute approximate surface area is 265 Å². The fourth-order valence-corrected chi connectivity index (χ4v) is 9.05. The van der Waals surface area contributed by atoms with Crippen LogP contribution in [0, 0.1) is 0 Å². The highest BCUT2D eigenvalue weighted by Crippen LogP contribution is 2.62. The van der Waals surface area contributed by atoms with E-state index in [0.717, 1.165) is 17.1 Å². The van der Waals surface area contributed by atoms with E-state index in [1.54, 1.807) is 0 Å². The van der Waals surface area contributed by atoms with Gasteiger partial charge in [-0.3, -0.25) is 0 Å². The second-order valence-corrected chi connectivity index (χ2v) is 13.1. The van der Waals surface area contributed by atoms with Crippen LogP contribution in [0.4, 0.5) is 0 Å². The van der Waals surface area contributed by atoms with Crippen LogP contribution in [0.1, 0.15) is 22.3 Å². The summed E-state index contributed by atoms with van der Waals surface area (Å²) < 4.78 is 9.42. The first-order chi connectivity index (χ1) is 22.3. The molecule has 0 bridgehead atoms. The number of para-hydroxylation sites is 1. The van der Waals surface area contributed by atoms with Crippen LogP contribution in [0.3, 0.4) is 0 Å². The molecule has 1 nitrogen and oxygen atoms in total. The van der Waals surface area contributed by atoms with Gasteiger partial charge in [-0.2, -0.15) is 0 Å². The van der Waals surface area contributed by atoms with Crippen molar-refractivity contribution in [3.63, 3.8) is 0 Å². The molecule has 0 atom stereocenters. The van der Waals surface area contributed by atoms with Gasteiger partial charge in [0.2, 0.25) is 0 Å². The number of hydrogen-bond donors (Lipinski definition) is 0. The van der Waals surface area contributed by atoms with Gasteiger partial charge in [0.15, 0.2) is 0 Å². The van der Waals surface area contributed by atoms with Crippen molar-refractivity contribution in [3.8, 4) is 44.9 Å². The van der Waals surface area contributed by atoms with Crippen LogP contribution in [0.5, 0.6) is 11.5 Å². The molecule has 10 rings (SSSR count). The molecule has 45 heavy (non-hydrogen) atoms. The smallest absolute Gasteiger partial charge is 0.132 e. The third-order valence-corrected chi connectivity index (χ3v) is 10.9. The largest absolute Gasteiger partial charge is 0.457 e. The van der Waals surface area contributed by atoms with Crippen LogP contribution >= 0.6 is 11.3 Å². The maximum absolute atomic E-state index is 6.77. The Hall–Kier alpha value is -5.44. The van der Waals surface area contributed by atoms with Crippen LogP contribution in [0.2, 0.25) is 0 Å². The second kappa shape index (κ2) is 9.28. The molecule has 2 heterocycles. The summed E-state index contributed by atoms with van der Waals surface area (Å²) >= 11 is 1.86. The van der Waals surface area contributed by atoms with E-state index < -0.39 is 5.41 Å². The van der Waals surface area contributed by atoms with Gasteiger partial charge in [0.25, 0.3) is 0 Å². The molecule has 7 aromatic carbocycles. The molecule has 0 saturated carbocycles. The Bertz CT molecular complexity index is 2440. The van der Waals surface area contributed by atoms with Crippen LogP contribution < -0.4 is 4.74 Å². The van der Waals surface area contributed by atoms with Gasteiger partial charge < -0.3 is 4.74 Å². The molecule has 0 saturated heterocycles. The zero-order valence-electron chi connectivity index (χ0n) is 24.3. The van der Waals surface area contributed by atoms with E-state index in [4.69, 9.17) is 4.74 Å². The normalized spacial score (nSPS) is 13.7. The Morgan fingerprint density at radius 3 is 1.84 bits per heavy atom. The number of hydrogen-bond acceptors (Lipinski definition) is 2. The van der Waals surface area contributed by atoms with Gasteiger partial charge in [-0.1, -0.05) is 127 Å². The molecule has 0 radical (unpaired) electrons. The average molecular weight is 591 g/mol. The average Bonchev–Trinajstić information content (AvgIpc) is 3.63. The van der Waals surface area contributed by atoms with Crippen molar-refractivity contribution in [1.82, 2.24) is 0 Å². The van der Waals surface area contributed by atoms with Crippen molar-refractivity contribution >= 4 is 31.5 Å². The summed E-state index contributed by atoms with van der Waals surface area (Å²) in [5, 5.41) is 2.66. The maximum atomic E-state index is 6.77. The molecule has 0 N–H and O–H groups in total. The summed E-state index contributed by atoms with van der Waals surface area (Å²) in [6.45, 7) is 0. The Kier molecular flexibility index (Phi) is 5.14. The van der Waals surface area contributed by atoms with E-state index >= 15 is 0 Å². The van der Waals surface area contributed by atoms with Crippen molar-refractivity contribution in [2.24, 2.45) is 0 Å². The Morgan fingerprint density at radius 1 is 0.400 bits per heavy atom. The van der Waals surface area contributed by atoms with Gasteiger partial charge >= 0.3 is 0 Å². The lowest BCUT2D eigenvalue weighted by atomic mass is 9.66. The van der Waals surface area contributed by atoms with Gasteiger partial charge in [0.05, 0.1) is 5.41 Å². The Balaban J connectivity index is 1.17. The molecule has 210 valence electrons. The topological polar surface area (TPSA) is 9.23 Å². The van der Waals surface area contributed by atoms with E-state index in [1.807, 2.05) is 11.3 Å². The number of fused-ring (bicyclic) bond motifs is 12. The third kappa shape index (κ3) is 3.38. The lowest BCUT2D eigenvalue weighted by Gasteiger charge is -2.39. The van der Waals surface area contributed by atoms with E-state index in [1.165, 1.54) is 70.2 Å². The molecular formula is C43H26OS. The molecule has 2 heteroatoms. The molecule has 1 aromatic heterocycles. The van der Waals surface area contributed by atoms with Crippen molar-refractivity contribution in [2.45, 2.75) is 5.41 Å². The summed E-state index contributed by atoms with van der Waals surface area (Å²) in [5.41, 5.74) is 12.0. The van der Waals surface area contributed by atoms with Crippen molar-refractivity contribution in [2.75, 3.05) is 0 Å². The molecule has 0 amide bonds. The van der Waals surface area contributed by atoms with Gasteiger partial charge in [-0.15, -0.1) is 11.3 Å². The lowest BCUT2D eigenvalue weighted by Crippen LogP contribution is -2.32. The molecule has 1 aliphatic heterocycles.